The molecular weight excluding hydrogens is 298 g/mol. The van der Waals surface area contributed by atoms with Gasteiger partial charge in [0.15, 0.2) is 0 Å². The Morgan fingerprint density at radius 3 is 2.82 bits per heavy atom. The topological polar surface area (TPSA) is 29.0 Å². The first-order chi connectivity index (χ1) is 8.19. The number of hydrogen-bond donors (Lipinski definition) is 0. The molecule has 3 nitrogen and oxygen atoms in total. The van der Waals surface area contributed by atoms with Crippen LogP contribution in [0, 0.1) is 0 Å². The quantitative estimate of drug-likeness (QED) is 0.865. The minimum Gasteiger partial charge on any atom is -0.368 e. The molecule has 0 bridgehead atoms. The molecule has 2 heterocycles. The fraction of sp³-hybridized carbons (Fsp3) is 0.333. The predicted octanol–water partition coefficient (Wildman–Crippen LogP) is 3.50. The zero-order valence-electron chi connectivity index (χ0n) is 9.85. The molecule has 0 saturated heterocycles. The second-order valence-electron chi connectivity index (χ2n) is 3.79. The highest BCUT2D eigenvalue weighted by molar-refractivity contribution is 9.10. The van der Waals surface area contributed by atoms with E-state index in [9.17, 15) is 0 Å². The normalized spacial score (nSPS) is 10.5. The molecule has 2 rings (SSSR count). The van der Waals surface area contributed by atoms with E-state index in [4.69, 9.17) is 0 Å². The van der Waals surface area contributed by atoms with Gasteiger partial charge in [0.25, 0.3) is 0 Å². The first-order valence-corrected chi connectivity index (χ1v) is 7.05. The standard InChI is InChI=1S/C12H14BrN3S/c1-3-12-15-7-11(17-12)8-16(2)10-4-9(13)5-14-6-10/h4-7H,3,8H2,1-2H3. The third-order valence-electron chi connectivity index (χ3n) is 2.43. The van der Waals surface area contributed by atoms with E-state index < -0.39 is 0 Å². The van der Waals surface area contributed by atoms with E-state index in [1.54, 1.807) is 17.5 Å². The molecule has 0 saturated carbocycles. The Morgan fingerprint density at radius 2 is 2.18 bits per heavy atom. The number of nitrogens with zero attached hydrogens (tertiary/aromatic N) is 3. The molecule has 17 heavy (non-hydrogen) atoms. The molecule has 0 amide bonds. The number of aryl methyl sites for hydroxylation is 1. The zero-order valence-corrected chi connectivity index (χ0v) is 12.3. The molecule has 90 valence electrons. The molecule has 0 fully saturated rings. The maximum absolute atomic E-state index is 4.37. The molecule has 0 aliphatic rings. The minimum atomic E-state index is 0.871. The number of aromatic nitrogens is 2. The monoisotopic (exact) mass is 311 g/mol. The van der Waals surface area contributed by atoms with Gasteiger partial charge in [0.2, 0.25) is 0 Å². The number of thiazole rings is 1. The Hall–Kier alpha value is -0.940. The van der Waals surface area contributed by atoms with Gasteiger partial charge in [-0.3, -0.25) is 4.98 Å². The van der Waals surface area contributed by atoms with Crippen molar-refractivity contribution in [1.29, 1.82) is 0 Å². The van der Waals surface area contributed by atoms with Gasteiger partial charge in [-0.1, -0.05) is 6.92 Å². The number of hydrogen-bond acceptors (Lipinski definition) is 4. The molecule has 0 aromatic carbocycles. The highest BCUT2D eigenvalue weighted by Gasteiger charge is 2.06. The van der Waals surface area contributed by atoms with Crippen molar-refractivity contribution in [2.45, 2.75) is 19.9 Å². The Labute approximate surface area is 114 Å². The lowest BCUT2D eigenvalue weighted by molar-refractivity contribution is 0.929. The van der Waals surface area contributed by atoms with E-state index in [1.165, 1.54) is 9.88 Å². The van der Waals surface area contributed by atoms with Gasteiger partial charge in [0, 0.05) is 28.8 Å². The Kier molecular flexibility index (Phi) is 4.12. The van der Waals surface area contributed by atoms with Crippen LogP contribution in [-0.2, 0) is 13.0 Å². The summed E-state index contributed by atoms with van der Waals surface area (Å²) in [5.41, 5.74) is 1.10. The van der Waals surface area contributed by atoms with Crippen LogP contribution in [0.15, 0.2) is 29.1 Å². The van der Waals surface area contributed by atoms with Gasteiger partial charge >= 0.3 is 0 Å². The first kappa shape index (κ1) is 12.5. The summed E-state index contributed by atoms with van der Waals surface area (Å²) >= 11 is 5.21. The van der Waals surface area contributed by atoms with Crippen molar-refractivity contribution in [3.05, 3.63) is 39.0 Å². The van der Waals surface area contributed by atoms with Crippen LogP contribution in [-0.4, -0.2) is 17.0 Å². The van der Waals surface area contributed by atoms with E-state index in [0.29, 0.717) is 0 Å². The molecule has 2 aromatic heterocycles. The molecule has 0 N–H and O–H groups in total. The van der Waals surface area contributed by atoms with Crippen LogP contribution in [0.4, 0.5) is 5.69 Å². The van der Waals surface area contributed by atoms with Crippen LogP contribution in [0.2, 0.25) is 0 Å². The number of rotatable bonds is 4. The fourth-order valence-corrected chi connectivity index (χ4v) is 2.79. The molecule has 0 unspecified atom stereocenters. The van der Waals surface area contributed by atoms with Gasteiger partial charge in [0.05, 0.1) is 23.4 Å². The summed E-state index contributed by atoms with van der Waals surface area (Å²) in [7, 11) is 2.06. The summed E-state index contributed by atoms with van der Waals surface area (Å²) < 4.78 is 1.00. The molecule has 2 aromatic rings. The fourth-order valence-electron chi connectivity index (χ4n) is 1.52. The van der Waals surface area contributed by atoms with Crippen LogP contribution in [0.1, 0.15) is 16.8 Å². The predicted molar refractivity (Wildman–Crippen MR) is 75.5 cm³/mol. The maximum Gasteiger partial charge on any atom is 0.0925 e. The van der Waals surface area contributed by atoms with Crippen LogP contribution >= 0.6 is 27.3 Å². The zero-order chi connectivity index (χ0) is 12.3. The highest BCUT2D eigenvalue weighted by atomic mass is 79.9. The average Bonchev–Trinajstić information content (AvgIpc) is 2.77. The molecule has 5 heteroatoms. The van der Waals surface area contributed by atoms with Crippen molar-refractivity contribution < 1.29 is 0 Å². The van der Waals surface area contributed by atoms with Crippen LogP contribution in [0.25, 0.3) is 0 Å². The molecule has 0 aliphatic carbocycles. The van der Waals surface area contributed by atoms with Crippen molar-refractivity contribution in [3.63, 3.8) is 0 Å². The third-order valence-corrected chi connectivity index (χ3v) is 3.99. The maximum atomic E-state index is 4.37. The van der Waals surface area contributed by atoms with Crippen molar-refractivity contribution in [2.24, 2.45) is 0 Å². The summed E-state index contributed by atoms with van der Waals surface area (Å²) in [6, 6.07) is 2.06. The molecular formula is C12H14BrN3S. The largest absolute Gasteiger partial charge is 0.368 e. The van der Waals surface area contributed by atoms with Crippen molar-refractivity contribution in [3.8, 4) is 0 Å². The van der Waals surface area contributed by atoms with Crippen molar-refractivity contribution >= 4 is 33.0 Å². The van der Waals surface area contributed by atoms with E-state index in [2.05, 4.69) is 50.8 Å². The summed E-state index contributed by atoms with van der Waals surface area (Å²) in [6.45, 7) is 3.00. The highest BCUT2D eigenvalue weighted by Crippen LogP contribution is 2.21. The Bertz CT molecular complexity index is 498. The van der Waals surface area contributed by atoms with E-state index >= 15 is 0 Å². The minimum absolute atomic E-state index is 0.871. The van der Waals surface area contributed by atoms with E-state index in [-0.39, 0.29) is 0 Å². The summed E-state index contributed by atoms with van der Waals surface area (Å²) in [5.74, 6) is 0. The van der Waals surface area contributed by atoms with E-state index in [1.807, 2.05) is 12.4 Å². The summed E-state index contributed by atoms with van der Waals surface area (Å²) in [5, 5.41) is 1.20. The van der Waals surface area contributed by atoms with Crippen LogP contribution < -0.4 is 4.90 Å². The summed E-state index contributed by atoms with van der Waals surface area (Å²) in [6.07, 6.45) is 6.63. The first-order valence-electron chi connectivity index (χ1n) is 5.44. The van der Waals surface area contributed by atoms with Crippen molar-refractivity contribution in [2.75, 3.05) is 11.9 Å². The van der Waals surface area contributed by atoms with Crippen LogP contribution in [0.3, 0.4) is 0 Å². The number of pyridine rings is 1. The second-order valence-corrected chi connectivity index (χ2v) is 5.91. The lowest BCUT2D eigenvalue weighted by Gasteiger charge is -2.17. The smallest absolute Gasteiger partial charge is 0.0925 e. The van der Waals surface area contributed by atoms with Gasteiger partial charge in [-0.2, -0.15) is 0 Å². The molecule has 0 spiro atoms. The average molecular weight is 312 g/mol. The van der Waals surface area contributed by atoms with E-state index in [0.717, 1.165) is 23.1 Å². The van der Waals surface area contributed by atoms with Gasteiger partial charge in [0.1, 0.15) is 0 Å². The van der Waals surface area contributed by atoms with Crippen molar-refractivity contribution in [1.82, 2.24) is 9.97 Å². The lowest BCUT2D eigenvalue weighted by Crippen LogP contribution is -2.15. The molecule has 0 atom stereocenters. The van der Waals surface area contributed by atoms with Gasteiger partial charge in [-0.25, -0.2) is 4.98 Å². The lowest BCUT2D eigenvalue weighted by atomic mass is 10.3. The molecule has 0 radical (unpaired) electrons. The SMILES string of the molecule is CCc1ncc(CN(C)c2cncc(Br)c2)s1. The van der Waals surface area contributed by atoms with Gasteiger partial charge < -0.3 is 4.90 Å². The Morgan fingerprint density at radius 1 is 1.35 bits per heavy atom. The van der Waals surface area contributed by atoms with Crippen LogP contribution in [0.5, 0.6) is 0 Å². The molecule has 0 aliphatic heterocycles. The summed E-state index contributed by atoms with van der Waals surface area (Å²) in [4.78, 5) is 12.0. The number of halogens is 1. The Balaban J connectivity index is 2.08. The third kappa shape index (κ3) is 3.26. The second kappa shape index (κ2) is 5.60. The number of anilines is 1. The van der Waals surface area contributed by atoms with Gasteiger partial charge in [-0.15, -0.1) is 11.3 Å². The van der Waals surface area contributed by atoms with Gasteiger partial charge in [-0.05, 0) is 28.4 Å².